The molecule has 15 amide bonds. The number of thioether (sulfide) groups is 1. The number of nitrogens with one attached hydrogen (secondary N) is 19. The number of primary amides is 2. The molecule has 8 rings (SSSR count). The van der Waals surface area contributed by atoms with Crippen LogP contribution in [0.4, 0.5) is 0 Å². The number of carbonyl (C=O) groups excluding carboxylic acids is 16. The smallest absolute Gasteiger partial charge is 0.340 e. The molecular formula is C94H135N25O20S. The molecule has 1 spiro atoms. The Morgan fingerprint density at radius 3 is 1.57 bits per heavy atom. The van der Waals surface area contributed by atoms with E-state index in [4.69, 9.17) is 54.4 Å². The van der Waals surface area contributed by atoms with Gasteiger partial charge in [-0.2, -0.15) is 11.8 Å². The number of hydrogen-bond acceptors (Lipinski definition) is 24. The number of nitrogens with zero attached hydrogens (tertiary/aromatic N) is 1. The fourth-order valence-corrected chi connectivity index (χ4v) is 17.3. The summed E-state index contributed by atoms with van der Waals surface area (Å²) in [5, 5.41) is 85.2. The Balaban J connectivity index is 0.964. The van der Waals surface area contributed by atoms with Crippen LogP contribution in [0.15, 0.2) is 85.1 Å². The van der Waals surface area contributed by atoms with Crippen molar-refractivity contribution in [2.75, 3.05) is 57.3 Å². The molecule has 45 nitrogen and oxygen atoms in total. The molecule has 1 aromatic heterocycles. The number of phenolic OH excluding ortho intramolecular Hbond substituents is 2. The first-order valence-electron chi connectivity index (χ1n) is 47.0. The van der Waals surface area contributed by atoms with Gasteiger partial charge in [0.1, 0.15) is 83.4 Å². The van der Waals surface area contributed by atoms with E-state index in [1.807, 2.05) is 18.2 Å². The number of aromatic hydroxyl groups is 2. The number of amides is 15. The molecule has 0 saturated carbocycles. The number of hydrogen-bond donors (Lipinski definition) is 26. The van der Waals surface area contributed by atoms with E-state index in [1.165, 1.54) is 53.1 Å². The molecule has 0 unspecified atom stereocenters. The second-order valence-electron chi connectivity index (χ2n) is 36.3. The summed E-state index contributed by atoms with van der Waals surface area (Å²) in [6.45, 7) is 12.6. The Labute approximate surface area is 815 Å². The third-order valence-electron chi connectivity index (χ3n) is 23.7. The van der Waals surface area contributed by atoms with Gasteiger partial charge in [0.25, 0.3) is 5.91 Å². The maximum Gasteiger partial charge on any atom is 0.340 e. The van der Waals surface area contributed by atoms with Crippen LogP contribution < -0.4 is 113 Å². The van der Waals surface area contributed by atoms with Crippen LogP contribution in [0.25, 0.3) is 10.9 Å². The first-order chi connectivity index (χ1) is 66.4. The minimum absolute atomic E-state index is 0.000643. The number of H-pyrrole nitrogens is 1. The highest BCUT2D eigenvalue weighted by molar-refractivity contribution is 7.99. The number of unbranched alkanes of at least 4 members (excludes halogenated alkanes) is 1. The van der Waals surface area contributed by atoms with Gasteiger partial charge in [0.2, 0.25) is 82.7 Å². The van der Waals surface area contributed by atoms with Crippen molar-refractivity contribution in [3.63, 3.8) is 0 Å². The van der Waals surface area contributed by atoms with Gasteiger partial charge in [-0.1, -0.05) is 86.1 Å². The number of phenols is 2. The number of rotatable bonds is 51. The van der Waals surface area contributed by atoms with Crippen LogP contribution in [0.3, 0.4) is 0 Å². The van der Waals surface area contributed by atoms with Gasteiger partial charge in [-0.25, -0.2) is 4.79 Å². The van der Waals surface area contributed by atoms with Crippen molar-refractivity contribution in [3.05, 3.63) is 118 Å². The van der Waals surface area contributed by atoms with Gasteiger partial charge in [-0.3, -0.25) is 88.1 Å². The molecule has 31 N–H and O–H groups in total. The summed E-state index contributed by atoms with van der Waals surface area (Å²) in [6, 6.07) is 6.36. The summed E-state index contributed by atoms with van der Waals surface area (Å²) >= 11 is 1.29. The lowest BCUT2D eigenvalue weighted by Crippen LogP contribution is -2.61. The monoisotopic (exact) mass is 1970 g/mol. The first kappa shape index (κ1) is 111. The van der Waals surface area contributed by atoms with Crippen molar-refractivity contribution in [1.82, 2.24) is 89.6 Å². The fourth-order valence-electron chi connectivity index (χ4n) is 16.4. The zero-order valence-electron chi connectivity index (χ0n) is 80.0. The second-order valence-corrected chi connectivity index (χ2v) is 37.5. The molecule has 0 bridgehead atoms. The first-order valence-corrected chi connectivity index (χ1v) is 48.1. The molecule has 3 aliphatic heterocycles. The molecule has 762 valence electrons. The highest BCUT2D eigenvalue weighted by atomic mass is 32.2. The zero-order chi connectivity index (χ0) is 103. The predicted octanol–water partition coefficient (Wildman–Crippen LogP) is -0.0554. The molecule has 3 aliphatic rings. The maximum atomic E-state index is 15.3. The van der Waals surface area contributed by atoms with Gasteiger partial charge in [0.05, 0.1) is 18.7 Å². The molecule has 1 fully saturated rings. The summed E-state index contributed by atoms with van der Waals surface area (Å²) in [5.74, 6) is -15.2. The minimum Gasteiger partial charge on any atom is -0.508 e. The van der Waals surface area contributed by atoms with Crippen LogP contribution in [0.1, 0.15) is 201 Å². The number of aromatic nitrogens is 1. The van der Waals surface area contributed by atoms with Gasteiger partial charge in [0.15, 0.2) is 23.5 Å². The number of para-hydroxylation sites is 1. The quantitative estimate of drug-likeness (QED) is 0.0105. The third kappa shape index (κ3) is 33.1. The third-order valence-corrected chi connectivity index (χ3v) is 24.7. The van der Waals surface area contributed by atoms with Crippen molar-refractivity contribution < 1.29 is 96.4 Å². The van der Waals surface area contributed by atoms with E-state index >= 15 is 19.2 Å². The van der Waals surface area contributed by atoms with E-state index in [-0.39, 0.29) is 205 Å². The molecule has 5 aromatic rings. The number of carbonyl (C=O) groups is 16. The van der Waals surface area contributed by atoms with Crippen molar-refractivity contribution in [3.8, 4) is 23.0 Å². The topological polar surface area (TPSA) is 733 Å². The lowest BCUT2D eigenvalue weighted by atomic mass is 9.77. The van der Waals surface area contributed by atoms with E-state index < -0.39 is 198 Å². The Morgan fingerprint density at radius 2 is 1.04 bits per heavy atom. The number of guanidine groups is 3. The lowest BCUT2D eigenvalue weighted by Gasteiger charge is -2.36. The molecule has 1 saturated heterocycles. The molecule has 11 atom stereocenters. The second kappa shape index (κ2) is 53.4. The zero-order valence-corrected chi connectivity index (χ0v) is 80.9. The van der Waals surface area contributed by atoms with Gasteiger partial charge in [-0.15, -0.1) is 0 Å². The lowest BCUT2D eigenvalue weighted by molar-refractivity contribution is -0.141. The molecular weight excluding hydrogens is 1830 g/mol. The van der Waals surface area contributed by atoms with E-state index in [9.17, 15) is 67.7 Å². The summed E-state index contributed by atoms with van der Waals surface area (Å²) in [5.41, 5.74) is 29.1. The predicted molar refractivity (Wildman–Crippen MR) is 520 cm³/mol. The van der Waals surface area contributed by atoms with Gasteiger partial charge < -0.3 is 138 Å². The SMILES string of the molecule is CC[C@H](C)[C@H](NC(=O)CN1CCSCCC(=O)N[C@@H](CCCNC(=N)N)C(=O)N[C@@H](CCCCNC(=O)c2ccc3c(c2)C(=O)OC32c3ccc(O)cc3Oc3cc(O)ccc32)C1=O)C(=O)N[C@@H](CC(C)C)C(=O)N[C@@H](CCCNC(=N)N)C(=O)N[C@@H](CCCNC(=N)N)C(=O)N[C@@H](CC(C)C)C(=O)N[C@@H](CC(C)C)C(=O)N[C@@H](CCC(N)=O)C(=O)NCC(=O)N[C@@H](Cc1c[nH]c2ccccc12)C(N)=O. The summed E-state index contributed by atoms with van der Waals surface area (Å²) < 4.78 is 12.3. The highest BCUT2D eigenvalue weighted by Gasteiger charge is 2.54. The van der Waals surface area contributed by atoms with Crippen LogP contribution in [0.5, 0.6) is 23.0 Å². The number of ether oxygens (including phenoxy) is 2. The Morgan fingerprint density at radius 1 is 0.529 bits per heavy atom. The van der Waals surface area contributed by atoms with E-state index in [0.717, 1.165) is 10.9 Å². The number of benzene rings is 4. The normalized spacial score (nSPS) is 16.4. The van der Waals surface area contributed by atoms with E-state index in [2.05, 4.69) is 84.7 Å². The van der Waals surface area contributed by atoms with Gasteiger partial charge in [0, 0.05) is 115 Å². The van der Waals surface area contributed by atoms with Crippen LogP contribution in [0, 0.1) is 39.9 Å². The van der Waals surface area contributed by atoms with Crippen LogP contribution in [-0.2, 0) is 83.9 Å². The van der Waals surface area contributed by atoms with Crippen molar-refractivity contribution >= 4 is 135 Å². The Hall–Kier alpha value is -14.5. The Kier molecular flexibility index (Phi) is 42.3. The molecule has 140 heavy (non-hydrogen) atoms. The standard InChI is InChI=1S/C94H135N25O20S/c1-9-52(8)78(118-77(125)48-119-36-38-140-37-31-75(123)109-63(20-14-33-104-91(97)98)82(129)114-67(89(119)136)19-12-13-32-103-80(127)53-23-26-59-58(42-53)90(137)139-94(59)60-27-24-55(120)44-72(60)138-73-45-56(121)25-28-61(73)94)88(135)117-71(41-51(6)7)86(133)112-64(21-15-34-105-92(99)100)83(130)111-65(22-16-35-106-93(101)102)84(131)115-70(40-50(4)5)87(134)116-69(39-49(2)3)85(132)113-66(29-30-74(95)122)81(128)108-47-76(124)110-68(79(96)126)43-54-46-107-62-18-11-10-17-57(54)62/h10-11,17-18,23-28,42,44-46,49-52,63-71,78,107,120-121H,9,12-16,19-22,29-41,43,47-48H2,1-8H3,(H2,95,122)(H2,96,126)(H,103,127)(H,108,128)(H,109,123)(H,110,124)(H,111,130)(H,112,133)(H,113,132)(H,114,129)(H,115,131)(H,116,134)(H,117,135)(H,118,125)(H4,97,98,104)(H4,99,100,105)(H4,101,102,106)/t52-,63-,64-,65-,66-,67-,68-,69-,70-,71-,78-/m0/s1. The van der Waals surface area contributed by atoms with E-state index in [1.54, 1.807) is 85.9 Å². The average molecular weight is 1970 g/mol. The van der Waals surface area contributed by atoms with Crippen molar-refractivity contribution in [2.24, 2.45) is 52.3 Å². The Bertz CT molecular complexity index is 5270. The number of esters is 1. The molecule has 4 aromatic carbocycles. The summed E-state index contributed by atoms with van der Waals surface area (Å²) in [7, 11) is 0. The van der Waals surface area contributed by atoms with Gasteiger partial charge >= 0.3 is 5.97 Å². The van der Waals surface area contributed by atoms with Crippen LogP contribution in [0.2, 0.25) is 0 Å². The minimum atomic E-state index is -1.59. The number of aromatic amines is 1. The number of fused-ring (bicyclic) bond motifs is 7. The summed E-state index contributed by atoms with van der Waals surface area (Å²) in [6.07, 6.45) is 1.31. The van der Waals surface area contributed by atoms with Gasteiger partial charge in [-0.05, 0) is 155 Å². The average Bonchev–Trinajstić information content (AvgIpc) is 1.56. The molecule has 0 radical (unpaired) electrons. The molecule has 46 heteroatoms. The van der Waals surface area contributed by atoms with Crippen molar-refractivity contribution in [1.29, 1.82) is 16.2 Å². The summed E-state index contributed by atoms with van der Waals surface area (Å²) in [4.78, 5) is 231. The molecule has 4 heterocycles. The maximum absolute atomic E-state index is 15.3. The highest BCUT2D eigenvalue weighted by Crippen LogP contribution is 2.57. The van der Waals surface area contributed by atoms with Crippen LogP contribution in [-0.4, -0.2) is 250 Å². The molecule has 0 aliphatic carbocycles. The fraction of sp³-hybridized carbons (Fsp3) is 0.521. The van der Waals surface area contributed by atoms with Crippen molar-refractivity contribution in [2.45, 2.75) is 231 Å². The van der Waals surface area contributed by atoms with E-state index in [0.29, 0.717) is 22.3 Å². The largest absolute Gasteiger partial charge is 0.508 e. The number of nitrogens with two attached hydrogens (primary N) is 5. The van der Waals surface area contributed by atoms with Crippen LogP contribution >= 0.6 is 11.8 Å².